The third-order valence-corrected chi connectivity index (χ3v) is 7.81. The fourth-order valence-electron chi connectivity index (χ4n) is 3.45. The molecule has 4 aromatic carbocycles. The molecule has 0 amide bonds. The molecule has 0 aliphatic rings. The molecule has 4 aromatic rings. The van der Waals surface area contributed by atoms with Gasteiger partial charge >= 0.3 is 0 Å². The summed E-state index contributed by atoms with van der Waals surface area (Å²) < 4.78 is 6.15. The van der Waals surface area contributed by atoms with Crippen molar-refractivity contribution in [2.75, 3.05) is 0 Å². The molecular formula is C24H10Cl6N2O5. The van der Waals surface area contributed by atoms with Gasteiger partial charge in [0.15, 0.2) is 0 Å². The number of ether oxygens (including phenoxy) is 1. The Labute approximate surface area is 239 Å². The second kappa shape index (κ2) is 10.9. The van der Waals surface area contributed by atoms with Crippen molar-refractivity contribution in [1.82, 2.24) is 0 Å². The topological polar surface area (TPSA) is 95.5 Å². The first-order chi connectivity index (χ1) is 17.5. The predicted molar refractivity (Wildman–Crippen MR) is 147 cm³/mol. The number of hydrogen-bond donors (Lipinski definition) is 0. The number of rotatable bonds is 6. The van der Waals surface area contributed by atoms with Crippen LogP contribution in [0, 0.1) is 20.2 Å². The van der Waals surface area contributed by atoms with E-state index < -0.39 is 9.85 Å². The zero-order valence-corrected chi connectivity index (χ0v) is 22.5. The van der Waals surface area contributed by atoms with Gasteiger partial charge in [-0.25, -0.2) is 0 Å². The Kier molecular flexibility index (Phi) is 8.04. The van der Waals surface area contributed by atoms with Gasteiger partial charge in [-0.2, -0.15) is 0 Å². The first-order valence-corrected chi connectivity index (χ1v) is 12.3. The molecule has 4 rings (SSSR count). The molecule has 0 atom stereocenters. The van der Waals surface area contributed by atoms with Crippen molar-refractivity contribution in [3.8, 4) is 33.8 Å². The Hall–Kier alpha value is -2.78. The largest absolute Gasteiger partial charge is 0.456 e. The van der Waals surface area contributed by atoms with Crippen LogP contribution in [0.15, 0.2) is 60.7 Å². The van der Waals surface area contributed by atoms with Gasteiger partial charge in [0.1, 0.15) is 11.5 Å². The van der Waals surface area contributed by atoms with E-state index in [1.807, 2.05) is 0 Å². The average molecular weight is 619 g/mol. The van der Waals surface area contributed by atoms with Crippen molar-refractivity contribution >= 4 is 81.0 Å². The summed E-state index contributed by atoms with van der Waals surface area (Å²) in [6, 6.07) is 13.8. The molecule has 188 valence electrons. The van der Waals surface area contributed by atoms with Crippen LogP contribution >= 0.6 is 69.6 Å². The second-order valence-electron chi connectivity index (χ2n) is 7.42. The Morgan fingerprint density at radius 2 is 0.892 bits per heavy atom. The van der Waals surface area contributed by atoms with Gasteiger partial charge in [0.25, 0.3) is 11.4 Å². The number of halogens is 6. The van der Waals surface area contributed by atoms with E-state index in [0.717, 1.165) is 0 Å². The van der Waals surface area contributed by atoms with E-state index in [4.69, 9.17) is 74.3 Å². The number of hydrogen-bond acceptors (Lipinski definition) is 5. The summed E-state index contributed by atoms with van der Waals surface area (Å²) in [6.45, 7) is 0. The molecule has 0 unspecified atom stereocenters. The van der Waals surface area contributed by atoms with Crippen LogP contribution in [0.25, 0.3) is 22.3 Å². The van der Waals surface area contributed by atoms with Crippen molar-refractivity contribution in [3.63, 3.8) is 0 Å². The fourth-order valence-corrected chi connectivity index (χ4v) is 4.72. The van der Waals surface area contributed by atoms with Crippen molar-refractivity contribution in [3.05, 3.63) is 111 Å². The summed E-state index contributed by atoms with van der Waals surface area (Å²) >= 11 is 37.3. The first kappa shape index (κ1) is 27.3. The van der Waals surface area contributed by atoms with E-state index >= 15 is 0 Å². The number of benzene rings is 4. The van der Waals surface area contributed by atoms with Crippen molar-refractivity contribution in [1.29, 1.82) is 0 Å². The second-order valence-corrected chi connectivity index (χ2v) is 9.75. The van der Waals surface area contributed by atoms with Crippen molar-refractivity contribution in [2.45, 2.75) is 0 Å². The molecule has 0 aliphatic carbocycles. The quantitative estimate of drug-likeness (QED) is 0.122. The summed E-state index contributed by atoms with van der Waals surface area (Å²) in [7, 11) is 0. The summed E-state index contributed by atoms with van der Waals surface area (Å²) in [5.74, 6) is 0.273. The van der Waals surface area contributed by atoms with Crippen LogP contribution in [-0.2, 0) is 0 Å². The molecule has 0 aromatic heterocycles. The number of non-ortho nitro benzene ring substituents is 2. The predicted octanol–water partition coefficient (Wildman–Crippen LogP) is 10.5. The van der Waals surface area contributed by atoms with E-state index in [9.17, 15) is 20.2 Å². The highest BCUT2D eigenvalue weighted by molar-refractivity contribution is 6.50. The zero-order valence-electron chi connectivity index (χ0n) is 18.0. The van der Waals surface area contributed by atoms with Crippen LogP contribution in [0.2, 0.25) is 30.1 Å². The van der Waals surface area contributed by atoms with E-state index in [1.165, 1.54) is 60.7 Å². The van der Waals surface area contributed by atoms with Gasteiger partial charge in [-0.15, -0.1) is 0 Å². The lowest BCUT2D eigenvalue weighted by Gasteiger charge is -2.17. The minimum Gasteiger partial charge on any atom is -0.456 e. The summed E-state index contributed by atoms with van der Waals surface area (Å²) in [5, 5.41) is 23.5. The maximum atomic E-state index is 11.5. The number of nitro groups is 2. The Balaban J connectivity index is 1.94. The minimum atomic E-state index is -0.578. The molecule has 0 N–H and O–H groups in total. The van der Waals surface area contributed by atoms with Crippen LogP contribution in [0.1, 0.15) is 0 Å². The molecule has 0 saturated heterocycles. The lowest BCUT2D eigenvalue weighted by atomic mass is 10.0. The lowest BCUT2D eigenvalue weighted by Crippen LogP contribution is -1.96. The molecule has 0 heterocycles. The summed E-state index contributed by atoms with van der Waals surface area (Å²) in [6.07, 6.45) is 0. The highest BCUT2D eigenvalue weighted by Crippen LogP contribution is 2.47. The van der Waals surface area contributed by atoms with Crippen LogP contribution in [0.5, 0.6) is 11.5 Å². The van der Waals surface area contributed by atoms with Crippen molar-refractivity contribution < 1.29 is 14.6 Å². The molecule has 0 bridgehead atoms. The van der Waals surface area contributed by atoms with Crippen molar-refractivity contribution in [2.24, 2.45) is 0 Å². The maximum Gasteiger partial charge on any atom is 0.270 e. The first-order valence-electron chi connectivity index (χ1n) is 10.0. The molecule has 0 fully saturated rings. The van der Waals surface area contributed by atoms with E-state index in [0.29, 0.717) is 11.1 Å². The van der Waals surface area contributed by atoms with Gasteiger partial charge in [0, 0.05) is 46.5 Å². The standard InChI is InChI=1S/C24H10Cl6N2O5/c25-17-5-3-13(21(27)23(17)29)15-9-11(31(33)34)1-7-19(15)37-20-8-2-12(32(35)36)10-16(20)14-4-6-18(26)24(30)22(14)28/h1-10H. The molecule has 13 heteroatoms. The Morgan fingerprint density at radius 3 is 1.24 bits per heavy atom. The van der Waals surface area contributed by atoms with Gasteiger partial charge < -0.3 is 4.74 Å². The fraction of sp³-hybridized carbons (Fsp3) is 0. The molecule has 0 saturated carbocycles. The molecular weight excluding hydrogens is 609 g/mol. The number of nitrogens with zero attached hydrogens (tertiary/aromatic N) is 2. The van der Waals surface area contributed by atoms with E-state index in [2.05, 4.69) is 0 Å². The highest BCUT2D eigenvalue weighted by Gasteiger charge is 2.22. The van der Waals surface area contributed by atoms with Gasteiger partial charge in [-0.05, 0) is 24.3 Å². The van der Waals surface area contributed by atoms with Gasteiger partial charge in [0.2, 0.25) is 0 Å². The van der Waals surface area contributed by atoms with Crippen LogP contribution in [0.4, 0.5) is 11.4 Å². The van der Waals surface area contributed by atoms with Crippen LogP contribution in [-0.4, -0.2) is 9.85 Å². The maximum absolute atomic E-state index is 11.5. The van der Waals surface area contributed by atoms with Gasteiger partial charge in [-0.1, -0.05) is 81.7 Å². The molecule has 0 radical (unpaired) electrons. The number of nitro benzene ring substituents is 2. The third-order valence-electron chi connectivity index (χ3n) is 5.22. The lowest BCUT2D eigenvalue weighted by molar-refractivity contribution is -0.385. The molecule has 7 nitrogen and oxygen atoms in total. The Bertz CT molecular complexity index is 1480. The average Bonchev–Trinajstić information content (AvgIpc) is 2.86. The molecule has 0 aliphatic heterocycles. The van der Waals surface area contributed by atoms with E-state index in [1.54, 1.807) is 0 Å². The van der Waals surface area contributed by atoms with Crippen LogP contribution in [0.3, 0.4) is 0 Å². The van der Waals surface area contributed by atoms with Gasteiger partial charge in [0.05, 0.1) is 40.0 Å². The summed E-state index contributed by atoms with van der Waals surface area (Å²) in [4.78, 5) is 21.8. The monoisotopic (exact) mass is 616 g/mol. The smallest absolute Gasteiger partial charge is 0.270 e. The highest BCUT2D eigenvalue weighted by atomic mass is 35.5. The van der Waals surface area contributed by atoms with Gasteiger partial charge in [-0.3, -0.25) is 20.2 Å². The molecule has 37 heavy (non-hydrogen) atoms. The van der Waals surface area contributed by atoms with E-state index in [-0.39, 0.29) is 64.1 Å². The minimum absolute atomic E-state index is 0.0518. The Morgan fingerprint density at radius 1 is 0.514 bits per heavy atom. The normalized spacial score (nSPS) is 10.9. The third kappa shape index (κ3) is 5.43. The van der Waals surface area contributed by atoms with Crippen LogP contribution < -0.4 is 4.74 Å². The SMILES string of the molecule is O=[N+]([O-])c1ccc(Oc2ccc([N+](=O)[O-])cc2-c2ccc(Cl)c(Cl)c2Cl)c(-c2ccc(Cl)c(Cl)c2Cl)c1. The molecule has 0 spiro atoms. The summed E-state index contributed by atoms with van der Waals surface area (Å²) in [5.41, 5.74) is 0.600. The zero-order chi connectivity index (χ0) is 27.0.